The molecule has 30 heavy (non-hydrogen) atoms. The Morgan fingerprint density at radius 1 is 1.17 bits per heavy atom. The molecule has 1 aromatic carbocycles. The van der Waals surface area contributed by atoms with Gasteiger partial charge in [0, 0.05) is 48.7 Å². The van der Waals surface area contributed by atoms with Crippen molar-refractivity contribution in [1.82, 2.24) is 29.6 Å². The second-order valence-corrected chi connectivity index (χ2v) is 8.17. The van der Waals surface area contributed by atoms with Crippen LogP contribution in [-0.4, -0.2) is 42.7 Å². The number of benzene rings is 1. The fourth-order valence-electron chi connectivity index (χ4n) is 4.24. The summed E-state index contributed by atoms with van der Waals surface area (Å²) < 4.78 is 1.83. The molecule has 3 aromatic heterocycles. The Kier molecular flexibility index (Phi) is 4.75. The van der Waals surface area contributed by atoms with E-state index in [1.807, 2.05) is 30.9 Å². The van der Waals surface area contributed by atoms with Crippen LogP contribution in [0.5, 0.6) is 0 Å². The summed E-state index contributed by atoms with van der Waals surface area (Å²) in [6.07, 6.45) is 6.55. The minimum Gasteiger partial charge on any atom is -0.360 e. The van der Waals surface area contributed by atoms with Crippen molar-refractivity contribution in [3.8, 4) is 11.3 Å². The number of para-hydroxylation sites is 1. The Morgan fingerprint density at radius 2 is 2.00 bits per heavy atom. The van der Waals surface area contributed by atoms with Crippen molar-refractivity contribution < 1.29 is 0 Å². The van der Waals surface area contributed by atoms with Crippen LogP contribution in [0.4, 0.5) is 11.8 Å². The molecule has 5 rings (SSSR count). The summed E-state index contributed by atoms with van der Waals surface area (Å²) in [5, 5.41) is 8.88. The van der Waals surface area contributed by atoms with E-state index in [1.165, 1.54) is 42.4 Å². The summed E-state index contributed by atoms with van der Waals surface area (Å²) in [5.74, 6) is 1.30. The van der Waals surface area contributed by atoms with Crippen LogP contribution < -0.4 is 5.32 Å². The van der Waals surface area contributed by atoms with Crippen molar-refractivity contribution in [3.05, 3.63) is 53.5 Å². The van der Waals surface area contributed by atoms with E-state index in [1.54, 1.807) is 0 Å². The number of fused-ring (bicyclic) bond motifs is 1. The number of nitrogens with one attached hydrogen (secondary N) is 2. The molecule has 4 aromatic rings. The van der Waals surface area contributed by atoms with E-state index in [0.29, 0.717) is 5.95 Å². The molecule has 0 bridgehead atoms. The lowest BCUT2D eigenvalue weighted by atomic mass is 10.0. The van der Waals surface area contributed by atoms with Crippen LogP contribution in [0.2, 0.25) is 0 Å². The Hall–Kier alpha value is -3.19. The number of nitrogens with zero attached hydrogens (tertiary/aromatic N) is 5. The maximum absolute atomic E-state index is 4.83. The molecule has 0 unspecified atom stereocenters. The largest absolute Gasteiger partial charge is 0.360 e. The highest BCUT2D eigenvalue weighted by atomic mass is 15.3. The maximum Gasteiger partial charge on any atom is 0.228 e. The standard InChI is InChI=1S/C23H27N7/c1-15-12-25-23(26-20-11-16(2)29(3)28-20)27-21(15)19-13-24-22-17(7-6-8-18(19)22)14-30-9-4-5-10-30/h6-8,11-13,24H,4-5,9-10,14H2,1-3H3,(H,25,26,27,28). The van der Waals surface area contributed by atoms with Gasteiger partial charge in [0.25, 0.3) is 0 Å². The molecule has 1 fully saturated rings. The van der Waals surface area contributed by atoms with E-state index >= 15 is 0 Å². The lowest BCUT2D eigenvalue weighted by Crippen LogP contribution is -2.18. The number of rotatable bonds is 5. The van der Waals surface area contributed by atoms with Gasteiger partial charge in [0.15, 0.2) is 5.82 Å². The predicted octanol–water partition coefficient (Wildman–Crippen LogP) is 4.31. The fraction of sp³-hybridized carbons (Fsp3) is 0.348. The summed E-state index contributed by atoms with van der Waals surface area (Å²) in [6.45, 7) is 7.45. The van der Waals surface area contributed by atoms with Gasteiger partial charge in [-0.2, -0.15) is 5.10 Å². The molecule has 154 valence electrons. The van der Waals surface area contributed by atoms with E-state index in [4.69, 9.17) is 4.98 Å². The van der Waals surface area contributed by atoms with Crippen LogP contribution in [-0.2, 0) is 13.6 Å². The molecule has 0 spiro atoms. The van der Waals surface area contributed by atoms with Gasteiger partial charge in [-0.05, 0) is 50.9 Å². The molecule has 1 aliphatic rings. The van der Waals surface area contributed by atoms with Crippen molar-refractivity contribution in [2.24, 2.45) is 7.05 Å². The second kappa shape index (κ2) is 7.57. The first-order valence-electron chi connectivity index (χ1n) is 10.5. The first-order valence-corrected chi connectivity index (χ1v) is 10.5. The highest BCUT2D eigenvalue weighted by molar-refractivity contribution is 5.97. The summed E-state index contributed by atoms with van der Waals surface area (Å²) >= 11 is 0. The first-order chi connectivity index (χ1) is 14.6. The SMILES string of the molecule is Cc1cnc(Nc2cc(C)n(C)n2)nc1-c1c[nH]c2c(CN3CCCC3)cccc12. The Labute approximate surface area is 176 Å². The minimum atomic E-state index is 0.552. The van der Waals surface area contributed by atoms with Gasteiger partial charge in [-0.25, -0.2) is 9.97 Å². The second-order valence-electron chi connectivity index (χ2n) is 8.17. The molecule has 0 radical (unpaired) electrons. The molecule has 0 amide bonds. The van der Waals surface area contributed by atoms with Crippen molar-refractivity contribution in [3.63, 3.8) is 0 Å². The molecule has 0 aliphatic carbocycles. The number of hydrogen-bond donors (Lipinski definition) is 2. The van der Waals surface area contributed by atoms with Gasteiger partial charge in [0.1, 0.15) is 0 Å². The Balaban J connectivity index is 1.50. The van der Waals surface area contributed by atoms with Crippen LogP contribution in [0.1, 0.15) is 29.7 Å². The van der Waals surface area contributed by atoms with E-state index in [0.717, 1.165) is 34.9 Å². The van der Waals surface area contributed by atoms with E-state index in [-0.39, 0.29) is 0 Å². The molecule has 7 nitrogen and oxygen atoms in total. The first kappa shape index (κ1) is 18.8. The van der Waals surface area contributed by atoms with E-state index < -0.39 is 0 Å². The van der Waals surface area contributed by atoms with Crippen LogP contribution >= 0.6 is 0 Å². The molecule has 1 aliphatic heterocycles. The fourth-order valence-corrected chi connectivity index (χ4v) is 4.24. The van der Waals surface area contributed by atoms with Gasteiger partial charge < -0.3 is 10.3 Å². The van der Waals surface area contributed by atoms with Crippen LogP contribution in [0.15, 0.2) is 36.7 Å². The third-order valence-electron chi connectivity index (χ3n) is 5.97. The summed E-state index contributed by atoms with van der Waals surface area (Å²) in [5.41, 5.74) is 6.70. The van der Waals surface area contributed by atoms with Crippen LogP contribution in [0.25, 0.3) is 22.2 Å². The highest BCUT2D eigenvalue weighted by Gasteiger charge is 2.17. The molecule has 7 heteroatoms. The van der Waals surface area contributed by atoms with Crippen LogP contribution in [0.3, 0.4) is 0 Å². The highest BCUT2D eigenvalue weighted by Crippen LogP contribution is 2.32. The number of anilines is 2. The number of H-pyrrole nitrogens is 1. The van der Waals surface area contributed by atoms with Crippen molar-refractivity contribution in [1.29, 1.82) is 0 Å². The lowest BCUT2D eigenvalue weighted by Gasteiger charge is -2.15. The zero-order valence-corrected chi connectivity index (χ0v) is 17.7. The molecule has 0 atom stereocenters. The zero-order valence-electron chi connectivity index (χ0n) is 17.7. The minimum absolute atomic E-state index is 0.552. The number of hydrogen-bond acceptors (Lipinski definition) is 5. The third-order valence-corrected chi connectivity index (χ3v) is 5.97. The quantitative estimate of drug-likeness (QED) is 0.521. The van der Waals surface area contributed by atoms with Gasteiger partial charge in [-0.1, -0.05) is 18.2 Å². The Morgan fingerprint density at radius 3 is 2.77 bits per heavy atom. The van der Waals surface area contributed by atoms with Gasteiger partial charge in [0.2, 0.25) is 5.95 Å². The molecule has 0 saturated carbocycles. The van der Waals surface area contributed by atoms with E-state index in [2.05, 4.69) is 56.6 Å². The summed E-state index contributed by atoms with van der Waals surface area (Å²) in [4.78, 5) is 15.3. The molecule has 1 saturated heterocycles. The van der Waals surface area contributed by atoms with Gasteiger partial charge in [0.05, 0.1) is 11.2 Å². The van der Waals surface area contributed by atoms with Crippen molar-refractivity contribution >= 4 is 22.7 Å². The number of aromatic amines is 1. The normalized spacial score (nSPS) is 14.6. The average Bonchev–Trinajstić information content (AvgIpc) is 3.45. The third kappa shape index (κ3) is 3.45. The van der Waals surface area contributed by atoms with Crippen molar-refractivity contribution in [2.75, 3.05) is 18.4 Å². The van der Waals surface area contributed by atoms with E-state index in [9.17, 15) is 0 Å². The predicted molar refractivity (Wildman–Crippen MR) is 120 cm³/mol. The molecular formula is C23H27N7. The monoisotopic (exact) mass is 401 g/mol. The zero-order chi connectivity index (χ0) is 20.7. The number of likely N-dealkylation sites (tertiary alicyclic amines) is 1. The number of aryl methyl sites for hydroxylation is 3. The lowest BCUT2D eigenvalue weighted by molar-refractivity contribution is 0.332. The van der Waals surface area contributed by atoms with Gasteiger partial charge in [-0.3, -0.25) is 9.58 Å². The average molecular weight is 402 g/mol. The molecule has 4 heterocycles. The smallest absolute Gasteiger partial charge is 0.228 e. The molecular weight excluding hydrogens is 374 g/mol. The van der Waals surface area contributed by atoms with Gasteiger partial charge >= 0.3 is 0 Å². The topological polar surface area (TPSA) is 74.7 Å². The number of aromatic nitrogens is 5. The van der Waals surface area contributed by atoms with Crippen LogP contribution in [0, 0.1) is 13.8 Å². The summed E-state index contributed by atoms with van der Waals surface area (Å²) in [7, 11) is 1.92. The maximum atomic E-state index is 4.83. The Bertz CT molecular complexity index is 1180. The van der Waals surface area contributed by atoms with Gasteiger partial charge in [-0.15, -0.1) is 0 Å². The summed E-state index contributed by atoms with van der Waals surface area (Å²) in [6, 6.07) is 8.53. The molecule has 2 N–H and O–H groups in total. The van der Waals surface area contributed by atoms with Crippen molar-refractivity contribution in [2.45, 2.75) is 33.2 Å².